The molecule has 0 saturated carbocycles. The average Bonchev–Trinajstić information content (AvgIpc) is 2.94. The fraction of sp³-hybridized carbons (Fsp3) is 0.600. The topological polar surface area (TPSA) is 37.7 Å². The highest BCUT2D eigenvalue weighted by atomic mass is 79.9. The van der Waals surface area contributed by atoms with E-state index in [1.807, 2.05) is 0 Å². The molecular formula is C15H17BrF3N3O. The maximum absolute atomic E-state index is 12.5. The molecule has 1 atom stereocenters. The lowest BCUT2D eigenvalue weighted by Crippen LogP contribution is -2.37. The average molecular weight is 392 g/mol. The number of hydrogen-bond acceptors (Lipinski definition) is 4. The Labute approximate surface area is 140 Å². The lowest BCUT2D eigenvalue weighted by molar-refractivity contribution is -0.141. The van der Waals surface area contributed by atoms with Gasteiger partial charge in [0.15, 0.2) is 0 Å². The van der Waals surface area contributed by atoms with Crippen LogP contribution >= 0.6 is 15.9 Å². The van der Waals surface area contributed by atoms with E-state index in [1.165, 1.54) is 12.3 Å². The SMILES string of the molecule is FC(F)(F)c1ccc(CN2CCC(C3CC(Br)=NO3)CC2)cn1. The van der Waals surface area contributed by atoms with Crippen LogP contribution in [-0.2, 0) is 17.6 Å². The van der Waals surface area contributed by atoms with Gasteiger partial charge in [0, 0.05) is 25.1 Å². The van der Waals surface area contributed by atoms with Gasteiger partial charge in [-0.2, -0.15) is 13.2 Å². The summed E-state index contributed by atoms with van der Waals surface area (Å²) in [6, 6.07) is 2.55. The molecule has 23 heavy (non-hydrogen) atoms. The largest absolute Gasteiger partial charge is 0.433 e. The number of nitrogens with zero attached hydrogens (tertiary/aromatic N) is 3. The zero-order valence-corrected chi connectivity index (χ0v) is 14.0. The van der Waals surface area contributed by atoms with Crippen molar-refractivity contribution in [3.8, 4) is 0 Å². The molecule has 1 saturated heterocycles. The Morgan fingerprint density at radius 3 is 2.52 bits per heavy atom. The number of hydrogen-bond donors (Lipinski definition) is 0. The first-order chi connectivity index (χ1) is 10.9. The molecule has 0 N–H and O–H groups in total. The van der Waals surface area contributed by atoms with Crippen LogP contribution in [0.1, 0.15) is 30.5 Å². The molecule has 1 fully saturated rings. The number of likely N-dealkylation sites (tertiary alicyclic amines) is 1. The van der Waals surface area contributed by atoms with E-state index in [1.54, 1.807) is 0 Å². The Balaban J connectivity index is 1.49. The van der Waals surface area contributed by atoms with Gasteiger partial charge in [0.1, 0.15) is 16.4 Å². The lowest BCUT2D eigenvalue weighted by Gasteiger charge is -2.33. The zero-order chi connectivity index (χ0) is 16.4. The van der Waals surface area contributed by atoms with Crippen molar-refractivity contribution in [3.63, 3.8) is 0 Å². The number of halogens is 4. The van der Waals surface area contributed by atoms with Gasteiger partial charge >= 0.3 is 6.18 Å². The van der Waals surface area contributed by atoms with Crippen LogP contribution in [-0.4, -0.2) is 33.7 Å². The Hall–Kier alpha value is -1.15. The second kappa shape index (κ2) is 6.76. The molecule has 0 bridgehead atoms. The van der Waals surface area contributed by atoms with Crippen LogP contribution in [0.3, 0.4) is 0 Å². The van der Waals surface area contributed by atoms with E-state index in [4.69, 9.17) is 4.84 Å². The van der Waals surface area contributed by atoms with E-state index in [-0.39, 0.29) is 6.10 Å². The molecule has 0 spiro atoms. The van der Waals surface area contributed by atoms with Crippen molar-refractivity contribution in [1.82, 2.24) is 9.88 Å². The summed E-state index contributed by atoms with van der Waals surface area (Å²) in [4.78, 5) is 11.2. The Morgan fingerprint density at radius 2 is 2.00 bits per heavy atom. The van der Waals surface area contributed by atoms with E-state index in [0.717, 1.165) is 48.6 Å². The second-order valence-electron chi connectivity index (χ2n) is 5.98. The molecule has 1 aromatic heterocycles. The summed E-state index contributed by atoms with van der Waals surface area (Å²) in [6.07, 6.45) is -0.0652. The number of pyridine rings is 1. The van der Waals surface area contributed by atoms with Gasteiger partial charge in [0.25, 0.3) is 0 Å². The van der Waals surface area contributed by atoms with Crippen LogP contribution in [0, 0.1) is 5.92 Å². The summed E-state index contributed by atoms with van der Waals surface area (Å²) in [7, 11) is 0. The quantitative estimate of drug-likeness (QED) is 0.785. The predicted octanol–water partition coefficient (Wildman–Crippen LogP) is 3.81. The van der Waals surface area contributed by atoms with Crippen molar-refractivity contribution in [3.05, 3.63) is 29.6 Å². The van der Waals surface area contributed by atoms with Gasteiger partial charge in [-0.1, -0.05) is 11.2 Å². The maximum Gasteiger partial charge on any atom is 0.433 e. The third-order valence-electron chi connectivity index (χ3n) is 4.34. The van der Waals surface area contributed by atoms with Crippen molar-refractivity contribution in [2.24, 2.45) is 11.1 Å². The molecular weight excluding hydrogens is 375 g/mol. The van der Waals surface area contributed by atoms with Crippen LogP contribution in [0.2, 0.25) is 0 Å². The van der Waals surface area contributed by atoms with Crippen LogP contribution in [0.25, 0.3) is 0 Å². The van der Waals surface area contributed by atoms with Crippen LogP contribution in [0.4, 0.5) is 13.2 Å². The molecule has 0 aliphatic carbocycles. The Morgan fingerprint density at radius 1 is 1.26 bits per heavy atom. The number of rotatable bonds is 3. The second-order valence-corrected chi connectivity index (χ2v) is 6.89. The molecule has 1 unspecified atom stereocenters. The minimum Gasteiger partial charge on any atom is -0.391 e. The summed E-state index contributed by atoms with van der Waals surface area (Å²) >= 11 is 3.35. The highest BCUT2D eigenvalue weighted by molar-refractivity contribution is 9.18. The first kappa shape index (κ1) is 16.7. The van der Waals surface area contributed by atoms with Gasteiger partial charge in [0.05, 0.1) is 0 Å². The fourth-order valence-electron chi connectivity index (χ4n) is 3.04. The Bertz CT molecular complexity index is 568. The summed E-state index contributed by atoms with van der Waals surface area (Å²) < 4.78 is 38.4. The number of oxime groups is 1. The van der Waals surface area contributed by atoms with E-state index >= 15 is 0 Å². The minimum absolute atomic E-state index is 0.152. The molecule has 0 radical (unpaired) electrons. The van der Waals surface area contributed by atoms with E-state index in [2.05, 4.69) is 31.0 Å². The van der Waals surface area contributed by atoms with E-state index in [0.29, 0.717) is 12.5 Å². The van der Waals surface area contributed by atoms with Gasteiger partial charge in [-0.3, -0.25) is 9.88 Å². The standard InChI is InChI=1S/C15H17BrF3N3O/c16-14-7-12(23-21-14)11-3-5-22(6-4-11)9-10-1-2-13(20-8-10)15(17,18)19/h1-2,8,11-12H,3-7,9H2. The zero-order valence-electron chi connectivity index (χ0n) is 12.4. The third-order valence-corrected chi connectivity index (χ3v) is 4.80. The van der Waals surface area contributed by atoms with Gasteiger partial charge in [-0.05, 0) is 53.5 Å². The molecule has 8 heteroatoms. The Kier molecular flexibility index (Phi) is 4.91. The summed E-state index contributed by atoms with van der Waals surface area (Å²) in [6.45, 7) is 2.44. The maximum atomic E-state index is 12.5. The third kappa shape index (κ3) is 4.23. The van der Waals surface area contributed by atoms with Crippen LogP contribution in [0.15, 0.2) is 23.5 Å². The van der Waals surface area contributed by atoms with Crippen molar-refractivity contribution in [2.45, 2.75) is 38.1 Å². The van der Waals surface area contributed by atoms with E-state index < -0.39 is 11.9 Å². The predicted molar refractivity (Wildman–Crippen MR) is 83.1 cm³/mol. The molecule has 0 aromatic carbocycles. The smallest absolute Gasteiger partial charge is 0.391 e. The molecule has 2 aliphatic rings. The number of alkyl halides is 3. The van der Waals surface area contributed by atoms with Gasteiger partial charge in [-0.15, -0.1) is 0 Å². The summed E-state index contributed by atoms with van der Waals surface area (Å²) in [5.74, 6) is 0.482. The molecule has 3 rings (SSSR count). The number of piperidine rings is 1. The molecule has 126 valence electrons. The van der Waals surface area contributed by atoms with Gasteiger partial charge < -0.3 is 4.84 Å². The first-order valence-corrected chi connectivity index (χ1v) is 8.34. The van der Waals surface area contributed by atoms with Crippen molar-refractivity contribution in [1.29, 1.82) is 0 Å². The summed E-state index contributed by atoms with van der Waals surface area (Å²) in [5, 5.41) is 3.93. The van der Waals surface area contributed by atoms with Crippen LogP contribution in [0.5, 0.6) is 0 Å². The highest BCUT2D eigenvalue weighted by Gasteiger charge is 2.33. The summed E-state index contributed by atoms with van der Waals surface area (Å²) in [5.41, 5.74) is -0.0384. The van der Waals surface area contributed by atoms with Crippen LogP contribution < -0.4 is 0 Å². The normalized spacial score (nSPS) is 23.7. The molecule has 4 nitrogen and oxygen atoms in total. The van der Waals surface area contributed by atoms with Gasteiger partial charge in [0.2, 0.25) is 0 Å². The minimum atomic E-state index is -4.38. The molecule has 2 aliphatic heterocycles. The van der Waals surface area contributed by atoms with Gasteiger partial charge in [-0.25, -0.2) is 0 Å². The monoisotopic (exact) mass is 391 g/mol. The molecule has 3 heterocycles. The molecule has 1 aromatic rings. The fourth-order valence-corrected chi connectivity index (χ4v) is 3.45. The first-order valence-electron chi connectivity index (χ1n) is 7.54. The highest BCUT2D eigenvalue weighted by Crippen LogP contribution is 2.30. The van der Waals surface area contributed by atoms with Crippen molar-refractivity contribution in [2.75, 3.05) is 13.1 Å². The number of aromatic nitrogens is 1. The van der Waals surface area contributed by atoms with E-state index in [9.17, 15) is 13.2 Å². The molecule has 0 amide bonds. The lowest BCUT2D eigenvalue weighted by atomic mass is 9.90. The van der Waals surface area contributed by atoms with Crippen molar-refractivity contribution < 1.29 is 18.0 Å². The van der Waals surface area contributed by atoms with Crippen molar-refractivity contribution >= 4 is 20.6 Å².